The SMILES string of the molecule is Cc1cccc(CCC(=O)N2CCN(Cc3ccccn3)CC2)c1. The second kappa shape index (κ2) is 8.06. The highest BCUT2D eigenvalue weighted by Crippen LogP contribution is 2.11. The Morgan fingerprint density at radius 2 is 1.92 bits per heavy atom. The molecule has 1 aromatic heterocycles. The average molecular weight is 323 g/mol. The monoisotopic (exact) mass is 323 g/mol. The maximum absolute atomic E-state index is 12.4. The van der Waals surface area contributed by atoms with Crippen molar-refractivity contribution < 1.29 is 4.79 Å². The number of benzene rings is 1. The maximum atomic E-state index is 12.4. The van der Waals surface area contributed by atoms with Gasteiger partial charge in [-0.25, -0.2) is 0 Å². The van der Waals surface area contributed by atoms with Crippen LogP contribution in [0.25, 0.3) is 0 Å². The summed E-state index contributed by atoms with van der Waals surface area (Å²) in [6, 6.07) is 14.4. The van der Waals surface area contributed by atoms with Gasteiger partial charge in [0.15, 0.2) is 0 Å². The number of piperazine rings is 1. The molecule has 126 valence electrons. The van der Waals surface area contributed by atoms with E-state index in [0.717, 1.165) is 44.8 Å². The van der Waals surface area contributed by atoms with Crippen LogP contribution in [0, 0.1) is 6.92 Å². The lowest BCUT2D eigenvalue weighted by Gasteiger charge is -2.34. The number of aromatic nitrogens is 1. The van der Waals surface area contributed by atoms with Gasteiger partial charge in [-0.2, -0.15) is 0 Å². The molecule has 4 nitrogen and oxygen atoms in total. The van der Waals surface area contributed by atoms with Gasteiger partial charge in [0, 0.05) is 45.3 Å². The van der Waals surface area contributed by atoms with E-state index >= 15 is 0 Å². The van der Waals surface area contributed by atoms with Crippen LogP contribution in [0.5, 0.6) is 0 Å². The van der Waals surface area contributed by atoms with Crippen molar-refractivity contribution in [3.8, 4) is 0 Å². The maximum Gasteiger partial charge on any atom is 0.222 e. The second-order valence-electron chi connectivity index (χ2n) is 6.47. The fourth-order valence-electron chi connectivity index (χ4n) is 3.15. The van der Waals surface area contributed by atoms with Crippen molar-refractivity contribution >= 4 is 5.91 Å². The van der Waals surface area contributed by atoms with Gasteiger partial charge in [0.25, 0.3) is 0 Å². The van der Waals surface area contributed by atoms with E-state index in [2.05, 4.69) is 47.1 Å². The molecular weight excluding hydrogens is 298 g/mol. The zero-order valence-electron chi connectivity index (χ0n) is 14.3. The zero-order valence-corrected chi connectivity index (χ0v) is 14.3. The summed E-state index contributed by atoms with van der Waals surface area (Å²) in [5, 5.41) is 0. The second-order valence-corrected chi connectivity index (χ2v) is 6.47. The molecule has 1 aliphatic rings. The van der Waals surface area contributed by atoms with Gasteiger partial charge in [0.05, 0.1) is 5.69 Å². The summed E-state index contributed by atoms with van der Waals surface area (Å²) in [4.78, 5) is 21.2. The first-order valence-corrected chi connectivity index (χ1v) is 8.66. The van der Waals surface area contributed by atoms with Gasteiger partial charge >= 0.3 is 0 Å². The van der Waals surface area contributed by atoms with Crippen LogP contribution >= 0.6 is 0 Å². The third kappa shape index (κ3) is 4.65. The number of hydrogen-bond donors (Lipinski definition) is 0. The summed E-state index contributed by atoms with van der Waals surface area (Å²) in [5.41, 5.74) is 3.59. The number of rotatable bonds is 5. The predicted octanol–water partition coefficient (Wildman–Crippen LogP) is 2.67. The Morgan fingerprint density at radius 1 is 1.08 bits per heavy atom. The quantitative estimate of drug-likeness (QED) is 0.849. The molecular formula is C20H25N3O. The Bertz CT molecular complexity index is 664. The number of nitrogens with zero attached hydrogens (tertiary/aromatic N) is 3. The summed E-state index contributed by atoms with van der Waals surface area (Å²) in [5.74, 6) is 0.272. The summed E-state index contributed by atoms with van der Waals surface area (Å²) in [6.45, 7) is 6.44. The highest BCUT2D eigenvalue weighted by atomic mass is 16.2. The molecule has 24 heavy (non-hydrogen) atoms. The molecule has 1 fully saturated rings. The van der Waals surface area contributed by atoms with Crippen molar-refractivity contribution in [2.75, 3.05) is 26.2 Å². The van der Waals surface area contributed by atoms with Crippen molar-refractivity contribution in [1.29, 1.82) is 0 Å². The molecule has 1 amide bonds. The van der Waals surface area contributed by atoms with E-state index in [9.17, 15) is 4.79 Å². The average Bonchev–Trinajstić information content (AvgIpc) is 2.61. The molecule has 0 unspecified atom stereocenters. The van der Waals surface area contributed by atoms with E-state index < -0.39 is 0 Å². The molecule has 0 atom stereocenters. The van der Waals surface area contributed by atoms with E-state index in [1.165, 1.54) is 11.1 Å². The Morgan fingerprint density at radius 3 is 2.62 bits per heavy atom. The number of carbonyl (C=O) groups is 1. The van der Waals surface area contributed by atoms with Crippen molar-refractivity contribution in [2.24, 2.45) is 0 Å². The van der Waals surface area contributed by atoms with E-state index in [0.29, 0.717) is 6.42 Å². The summed E-state index contributed by atoms with van der Waals surface area (Å²) in [7, 11) is 0. The van der Waals surface area contributed by atoms with Gasteiger partial charge in [-0.15, -0.1) is 0 Å². The lowest BCUT2D eigenvalue weighted by Crippen LogP contribution is -2.48. The van der Waals surface area contributed by atoms with Gasteiger partial charge in [-0.1, -0.05) is 35.9 Å². The van der Waals surface area contributed by atoms with Crippen LogP contribution in [0.4, 0.5) is 0 Å². The molecule has 0 spiro atoms. The van der Waals surface area contributed by atoms with Crippen LogP contribution in [0.3, 0.4) is 0 Å². The highest BCUT2D eigenvalue weighted by Gasteiger charge is 2.21. The van der Waals surface area contributed by atoms with E-state index in [-0.39, 0.29) is 5.91 Å². The summed E-state index contributed by atoms with van der Waals surface area (Å²) in [6.07, 6.45) is 3.26. The van der Waals surface area contributed by atoms with Crippen LogP contribution in [-0.2, 0) is 17.8 Å². The molecule has 0 saturated carbocycles. The van der Waals surface area contributed by atoms with Gasteiger partial charge in [0.2, 0.25) is 5.91 Å². The molecule has 4 heteroatoms. The molecule has 3 rings (SSSR count). The van der Waals surface area contributed by atoms with Crippen LogP contribution in [0.1, 0.15) is 23.2 Å². The van der Waals surface area contributed by atoms with Crippen LogP contribution in [-0.4, -0.2) is 46.9 Å². The normalized spacial score (nSPS) is 15.5. The number of amides is 1. The van der Waals surface area contributed by atoms with Crippen molar-refractivity contribution in [3.05, 3.63) is 65.5 Å². The Hall–Kier alpha value is -2.20. The number of hydrogen-bond acceptors (Lipinski definition) is 3. The Labute approximate surface area is 144 Å². The first-order chi connectivity index (χ1) is 11.7. The lowest BCUT2D eigenvalue weighted by molar-refractivity contribution is -0.133. The molecule has 0 aliphatic carbocycles. The smallest absolute Gasteiger partial charge is 0.222 e. The van der Waals surface area contributed by atoms with Crippen LogP contribution in [0.15, 0.2) is 48.7 Å². The lowest BCUT2D eigenvalue weighted by atomic mass is 10.1. The Kier molecular flexibility index (Phi) is 5.59. The summed E-state index contributed by atoms with van der Waals surface area (Å²) < 4.78 is 0. The number of pyridine rings is 1. The third-order valence-electron chi connectivity index (χ3n) is 4.55. The van der Waals surface area contributed by atoms with Crippen molar-refractivity contribution in [2.45, 2.75) is 26.3 Å². The molecule has 2 aromatic rings. The van der Waals surface area contributed by atoms with E-state index in [1.807, 2.05) is 23.2 Å². The highest BCUT2D eigenvalue weighted by molar-refractivity contribution is 5.76. The zero-order chi connectivity index (χ0) is 16.8. The Balaban J connectivity index is 1.43. The van der Waals surface area contributed by atoms with Crippen molar-refractivity contribution in [1.82, 2.24) is 14.8 Å². The van der Waals surface area contributed by atoms with Gasteiger partial charge in [-0.05, 0) is 31.0 Å². The molecule has 0 radical (unpaired) electrons. The first-order valence-electron chi connectivity index (χ1n) is 8.66. The molecule has 0 bridgehead atoms. The molecule has 0 N–H and O–H groups in total. The minimum Gasteiger partial charge on any atom is -0.340 e. The third-order valence-corrected chi connectivity index (χ3v) is 4.55. The fourth-order valence-corrected chi connectivity index (χ4v) is 3.15. The van der Waals surface area contributed by atoms with Gasteiger partial charge in [-0.3, -0.25) is 14.7 Å². The van der Waals surface area contributed by atoms with E-state index in [1.54, 1.807) is 0 Å². The predicted molar refractivity (Wildman–Crippen MR) is 95.6 cm³/mol. The van der Waals surface area contributed by atoms with Crippen LogP contribution < -0.4 is 0 Å². The standard InChI is InChI=1S/C20H25N3O/c1-17-5-4-6-18(15-17)8-9-20(24)23-13-11-22(12-14-23)16-19-7-2-3-10-21-19/h2-7,10,15H,8-9,11-14,16H2,1H3. The molecule has 1 aromatic carbocycles. The minimum atomic E-state index is 0.272. The number of carbonyl (C=O) groups excluding carboxylic acids is 1. The molecule has 1 saturated heterocycles. The van der Waals surface area contributed by atoms with Gasteiger partial charge in [0.1, 0.15) is 0 Å². The minimum absolute atomic E-state index is 0.272. The number of aryl methyl sites for hydroxylation is 2. The molecule has 2 heterocycles. The van der Waals surface area contributed by atoms with Crippen molar-refractivity contribution in [3.63, 3.8) is 0 Å². The van der Waals surface area contributed by atoms with Gasteiger partial charge < -0.3 is 4.90 Å². The van der Waals surface area contributed by atoms with Crippen LogP contribution in [0.2, 0.25) is 0 Å². The summed E-state index contributed by atoms with van der Waals surface area (Å²) >= 11 is 0. The largest absolute Gasteiger partial charge is 0.340 e. The topological polar surface area (TPSA) is 36.4 Å². The van der Waals surface area contributed by atoms with E-state index in [4.69, 9.17) is 0 Å². The molecule has 1 aliphatic heterocycles. The first kappa shape index (κ1) is 16.7. The fraction of sp³-hybridized carbons (Fsp3) is 0.400.